The Morgan fingerprint density at radius 3 is 2.55 bits per heavy atom. The third-order valence-electron chi connectivity index (χ3n) is 5.07. The molecule has 1 aliphatic rings. The molecule has 3 aromatic rings. The Labute approximate surface area is 183 Å². The number of aromatic nitrogens is 3. The molecular weight excluding hydrogens is 448 g/mol. The second-order valence-corrected chi connectivity index (χ2v) is 8.99. The molecule has 1 aromatic heterocycles. The summed E-state index contributed by atoms with van der Waals surface area (Å²) < 4.78 is 3.06. The highest BCUT2D eigenvalue weighted by Gasteiger charge is 2.20. The number of carbonyl (C=O) groups is 1. The summed E-state index contributed by atoms with van der Waals surface area (Å²) in [6, 6.07) is 18.6. The van der Waals surface area contributed by atoms with Crippen LogP contribution in [0.4, 0.5) is 0 Å². The first-order valence-electron chi connectivity index (χ1n) is 9.85. The molecule has 0 unspecified atom stereocenters. The molecular formula is C22H23BrN4OS. The van der Waals surface area contributed by atoms with Gasteiger partial charge in [-0.25, -0.2) is 0 Å². The van der Waals surface area contributed by atoms with Crippen LogP contribution in [0, 0.1) is 0 Å². The number of benzene rings is 2. The second kappa shape index (κ2) is 9.59. The Bertz CT molecular complexity index is 970. The lowest BCUT2D eigenvalue weighted by Gasteiger charge is -2.13. The maximum Gasteiger partial charge on any atom is 0.230 e. The Balaban J connectivity index is 1.56. The molecule has 1 N–H and O–H groups in total. The fourth-order valence-corrected chi connectivity index (χ4v) is 4.83. The molecule has 7 heteroatoms. The lowest BCUT2D eigenvalue weighted by atomic mass is 10.2. The molecule has 1 fully saturated rings. The minimum absolute atomic E-state index is 0.0682. The predicted octanol–water partition coefficient (Wildman–Crippen LogP) is 4.91. The third-order valence-corrected chi connectivity index (χ3v) is 6.73. The Hall–Kier alpha value is -2.12. The van der Waals surface area contributed by atoms with Crippen LogP contribution in [0.5, 0.6) is 0 Å². The summed E-state index contributed by atoms with van der Waals surface area (Å²) in [6.07, 6.45) is 4.59. The fourth-order valence-electron chi connectivity index (χ4n) is 3.62. The lowest BCUT2D eigenvalue weighted by Crippen LogP contribution is -2.33. The van der Waals surface area contributed by atoms with Gasteiger partial charge in [0.2, 0.25) is 5.91 Å². The molecule has 150 valence electrons. The minimum Gasteiger partial charge on any atom is -0.353 e. The van der Waals surface area contributed by atoms with Crippen molar-refractivity contribution in [2.45, 2.75) is 43.4 Å². The van der Waals surface area contributed by atoms with Gasteiger partial charge in [0, 0.05) is 16.1 Å². The summed E-state index contributed by atoms with van der Waals surface area (Å²) in [4.78, 5) is 12.4. The van der Waals surface area contributed by atoms with Gasteiger partial charge in [-0.05, 0) is 24.5 Å². The molecule has 4 rings (SSSR count). The summed E-state index contributed by atoms with van der Waals surface area (Å²) >= 11 is 5.06. The van der Waals surface area contributed by atoms with Gasteiger partial charge in [-0.3, -0.25) is 9.36 Å². The van der Waals surface area contributed by atoms with Crippen LogP contribution in [0.2, 0.25) is 0 Å². The first-order chi connectivity index (χ1) is 14.2. The summed E-state index contributed by atoms with van der Waals surface area (Å²) in [5.41, 5.74) is 2.15. The van der Waals surface area contributed by atoms with Crippen LogP contribution >= 0.6 is 27.7 Å². The van der Waals surface area contributed by atoms with Crippen molar-refractivity contribution in [1.29, 1.82) is 0 Å². The molecule has 0 radical (unpaired) electrons. The van der Waals surface area contributed by atoms with Gasteiger partial charge < -0.3 is 5.32 Å². The third kappa shape index (κ3) is 5.08. The van der Waals surface area contributed by atoms with Crippen molar-refractivity contribution in [2.24, 2.45) is 0 Å². The highest BCUT2D eigenvalue weighted by molar-refractivity contribution is 9.10. The van der Waals surface area contributed by atoms with Crippen molar-refractivity contribution in [3.8, 4) is 11.4 Å². The van der Waals surface area contributed by atoms with E-state index in [1.165, 1.54) is 24.6 Å². The van der Waals surface area contributed by atoms with Crippen molar-refractivity contribution in [2.75, 3.05) is 5.75 Å². The Morgan fingerprint density at radius 2 is 1.79 bits per heavy atom. The van der Waals surface area contributed by atoms with Gasteiger partial charge in [0.25, 0.3) is 0 Å². The zero-order chi connectivity index (χ0) is 20.1. The molecule has 0 aliphatic heterocycles. The van der Waals surface area contributed by atoms with E-state index in [1.54, 1.807) is 0 Å². The van der Waals surface area contributed by atoms with Crippen LogP contribution < -0.4 is 5.32 Å². The topological polar surface area (TPSA) is 59.8 Å². The van der Waals surface area contributed by atoms with Crippen molar-refractivity contribution in [1.82, 2.24) is 20.1 Å². The standard InChI is InChI=1S/C22H23BrN4OS/c23-19-13-7-6-12-18(19)21-25-26-22(27(21)14-16-8-2-1-3-9-16)29-15-20(28)24-17-10-4-5-11-17/h1-3,6-9,12-13,17H,4-5,10-11,14-15H2,(H,24,28). The van der Waals surface area contributed by atoms with Gasteiger partial charge in [-0.2, -0.15) is 0 Å². The maximum atomic E-state index is 12.4. The average molecular weight is 471 g/mol. The van der Waals surface area contributed by atoms with Crippen LogP contribution in [0.25, 0.3) is 11.4 Å². The predicted molar refractivity (Wildman–Crippen MR) is 120 cm³/mol. The zero-order valence-corrected chi connectivity index (χ0v) is 18.5. The first-order valence-corrected chi connectivity index (χ1v) is 11.6. The van der Waals surface area contributed by atoms with E-state index in [-0.39, 0.29) is 5.91 Å². The van der Waals surface area contributed by atoms with E-state index in [9.17, 15) is 4.79 Å². The van der Waals surface area contributed by atoms with E-state index < -0.39 is 0 Å². The summed E-state index contributed by atoms with van der Waals surface area (Å²) in [7, 11) is 0. The second-order valence-electron chi connectivity index (χ2n) is 7.20. The highest BCUT2D eigenvalue weighted by atomic mass is 79.9. The molecule has 2 aromatic carbocycles. The number of hydrogen-bond donors (Lipinski definition) is 1. The van der Waals surface area contributed by atoms with Gasteiger partial charge in [0.1, 0.15) is 0 Å². The number of carbonyl (C=O) groups excluding carboxylic acids is 1. The molecule has 0 bridgehead atoms. The molecule has 0 saturated heterocycles. The summed E-state index contributed by atoms with van der Waals surface area (Å²) in [5, 5.41) is 12.8. The van der Waals surface area contributed by atoms with Crippen LogP contribution in [0.1, 0.15) is 31.2 Å². The molecule has 1 aliphatic carbocycles. The minimum atomic E-state index is 0.0682. The molecule has 0 spiro atoms. The first kappa shape index (κ1) is 20.2. The SMILES string of the molecule is O=C(CSc1nnc(-c2ccccc2Br)n1Cc1ccccc1)NC1CCCC1. The fraction of sp³-hybridized carbons (Fsp3) is 0.318. The smallest absolute Gasteiger partial charge is 0.230 e. The van der Waals surface area contributed by atoms with Crippen molar-refractivity contribution in [3.63, 3.8) is 0 Å². The molecule has 1 heterocycles. The maximum absolute atomic E-state index is 12.4. The van der Waals surface area contributed by atoms with Gasteiger partial charge in [0.05, 0.1) is 12.3 Å². The molecule has 0 atom stereocenters. The average Bonchev–Trinajstić information content (AvgIpc) is 3.38. The lowest BCUT2D eigenvalue weighted by molar-refractivity contribution is -0.119. The largest absolute Gasteiger partial charge is 0.353 e. The van der Waals surface area contributed by atoms with Crippen molar-refractivity contribution in [3.05, 3.63) is 64.6 Å². The summed E-state index contributed by atoms with van der Waals surface area (Å²) in [5.74, 6) is 1.21. The van der Waals surface area contributed by atoms with Crippen LogP contribution in [-0.2, 0) is 11.3 Å². The van der Waals surface area contributed by atoms with Gasteiger partial charge in [-0.15, -0.1) is 10.2 Å². The molecule has 29 heavy (non-hydrogen) atoms. The number of thioether (sulfide) groups is 1. The van der Waals surface area contributed by atoms with E-state index in [4.69, 9.17) is 0 Å². The monoisotopic (exact) mass is 470 g/mol. The number of hydrogen-bond acceptors (Lipinski definition) is 4. The van der Waals surface area contributed by atoms with Crippen molar-refractivity contribution < 1.29 is 4.79 Å². The van der Waals surface area contributed by atoms with E-state index in [1.807, 2.05) is 42.5 Å². The number of rotatable bonds is 7. The number of halogens is 1. The Morgan fingerprint density at radius 1 is 1.07 bits per heavy atom. The number of nitrogens with one attached hydrogen (secondary N) is 1. The van der Waals surface area contributed by atoms with Gasteiger partial charge in [0.15, 0.2) is 11.0 Å². The van der Waals surface area contributed by atoms with Crippen LogP contribution in [0.15, 0.2) is 64.2 Å². The van der Waals surface area contributed by atoms with Gasteiger partial charge >= 0.3 is 0 Å². The zero-order valence-electron chi connectivity index (χ0n) is 16.1. The van der Waals surface area contributed by atoms with Crippen molar-refractivity contribution >= 4 is 33.6 Å². The molecule has 1 saturated carbocycles. The quantitative estimate of drug-likeness (QED) is 0.498. The van der Waals surface area contributed by atoms with Crippen LogP contribution in [0.3, 0.4) is 0 Å². The summed E-state index contributed by atoms with van der Waals surface area (Å²) in [6.45, 7) is 0.650. The van der Waals surface area contributed by atoms with Crippen LogP contribution in [-0.4, -0.2) is 32.5 Å². The van der Waals surface area contributed by atoms with Gasteiger partial charge in [-0.1, -0.05) is 89.1 Å². The van der Waals surface area contributed by atoms with E-state index in [0.717, 1.165) is 39.4 Å². The normalized spacial score (nSPS) is 14.2. The molecule has 1 amide bonds. The Kier molecular flexibility index (Phi) is 6.67. The van der Waals surface area contributed by atoms with E-state index in [2.05, 4.69) is 48.1 Å². The van der Waals surface area contributed by atoms with E-state index >= 15 is 0 Å². The van der Waals surface area contributed by atoms with E-state index in [0.29, 0.717) is 18.3 Å². The number of amides is 1. The molecule has 5 nitrogen and oxygen atoms in total. The highest BCUT2D eigenvalue weighted by Crippen LogP contribution is 2.30. The number of nitrogens with zero attached hydrogens (tertiary/aromatic N) is 3.